The van der Waals surface area contributed by atoms with Gasteiger partial charge < -0.3 is 9.14 Å². The number of esters is 1. The number of nitrogens with zero attached hydrogens (tertiary/aromatic N) is 3. The topological polar surface area (TPSA) is 68.0 Å². The van der Waals surface area contributed by atoms with Gasteiger partial charge in [-0.3, -0.25) is 5.43 Å². The quantitative estimate of drug-likeness (QED) is 0.445. The molecule has 0 fully saturated rings. The van der Waals surface area contributed by atoms with Crippen LogP contribution in [0.1, 0.15) is 18.2 Å². The zero-order chi connectivity index (χ0) is 16.9. The van der Waals surface area contributed by atoms with Crippen LogP contribution in [0, 0.1) is 6.92 Å². The van der Waals surface area contributed by atoms with Crippen molar-refractivity contribution in [3.05, 3.63) is 66.1 Å². The summed E-state index contributed by atoms with van der Waals surface area (Å²) in [5.74, 6) is -0.513. The Morgan fingerprint density at radius 3 is 2.92 bits per heavy atom. The summed E-state index contributed by atoms with van der Waals surface area (Å²) < 4.78 is 6.94. The van der Waals surface area contributed by atoms with E-state index >= 15 is 0 Å². The van der Waals surface area contributed by atoms with E-state index in [9.17, 15) is 4.79 Å². The molecule has 0 atom stereocenters. The average molecular weight is 322 g/mol. The second-order valence-corrected chi connectivity index (χ2v) is 5.25. The number of carbonyl (C=O) groups is 1. The number of aromatic nitrogens is 2. The molecule has 122 valence electrons. The van der Waals surface area contributed by atoms with Gasteiger partial charge in [0.15, 0.2) is 5.71 Å². The van der Waals surface area contributed by atoms with E-state index in [-0.39, 0.29) is 12.3 Å². The molecule has 3 rings (SSSR count). The molecule has 0 aliphatic carbocycles. The molecule has 0 bridgehead atoms. The molecule has 0 aliphatic rings. The van der Waals surface area contributed by atoms with E-state index in [1.54, 1.807) is 13.1 Å². The summed E-state index contributed by atoms with van der Waals surface area (Å²) in [5, 5.41) is 4.24. The van der Waals surface area contributed by atoms with Gasteiger partial charge in [0.05, 0.1) is 12.3 Å². The lowest BCUT2D eigenvalue weighted by Gasteiger charge is -2.05. The fraction of sp³-hybridized carbons (Fsp3) is 0.167. The summed E-state index contributed by atoms with van der Waals surface area (Å²) in [5.41, 5.74) is 6.13. The minimum absolute atomic E-state index is 0.141. The number of nitrogens with one attached hydrogen (secondary N) is 1. The Morgan fingerprint density at radius 2 is 2.17 bits per heavy atom. The van der Waals surface area contributed by atoms with Crippen molar-refractivity contribution in [1.82, 2.24) is 9.38 Å². The number of rotatable bonds is 5. The zero-order valence-corrected chi connectivity index (χ0v) is 13.6. The second-order valence-electron chi connectivity index (χ2n) is 5.25. The Hall–Kier alpha value is -3.15. The Kier molecular flexibility index (Phi) is 4.56. The maximum absolute atomic E-state index is 12.3. The number of anilines is 1. The number of benzene rings is 1. The van der Waals surface area contributed by atoms with Gasteiger partial charge in [0, 0.05) is 12.4 Å². The van der Waals surface area contributed by atoms with Crippen LogP contribution in [0.4, 0.5) is 5.69 Å². The maximum Gasteiger partial charge on any atom is 0.361 e. The van der Waals surface area contributed by atoms with Gasteiger partial charge in [-0.2, -0.15) is 5.10 Å². The van der Waals surface area contributed by atoms with E-state index in [0.29, 0.717) is 5.69 Å². The fourth-order valence-electron chi connectivity index (χ4n) is 2.29. The van der Waals surface area contributed by atoms with Crippen LogP contribution in [0.2, 0.25) is 0 Å². The molecule has 2 aromatic heterocycles. The number of fused-ring (bicyclic) bond motifs is 1. The number of hydrogen-bond donors (Lipinski definition) is 1. The molecule has 24 heavy (non-hydrogen) atoms. The summed E-state index contributed by atoms with van der Waals surface area (Å²) in [7, 11) is 0. The largest absolute Gasteiger partial charge is 0.461 e. The first-order valence-corrected chi connectivity index (χ1v) is 7.69. The highest BCUT2D eigenvalue weighted by Gasteiger charge is 2.19. The molecule has 2 heterocycles. The number of aryl methyl sites for hydroxylation is 1. The van der Waals surface area contributed by atoms with Crippen LogP contribution in [0.3, 0.4) is 0 Å². The first-order valence-electron chi connectivity index (χ1n) is 7.69. The highest BCUT2D eigenvalue weighted by atomic mass is 16.5. The van der Waals surface area contributed by atoms with Gasteiger partial charge in [0.25, 0.3) is 0 Å². The molecular formula is C18H18N4O2. The third kappa shape index (κ3) is 3.43. The van der Waals surface area contributed by atoms with Gasteiger partial charge in [0.1, 0.15) is 11.3 Å². The molecule has 1 aromatic carbocycles. The van der Waals surface area contributed by atoms with Crippen molar-refractivity contribution in [3.63, 3.8) is 0 Å². The van der Waals surface area contributed by atoms with Crippen LogP contribution in [0.5, 0.6) is 0 Å². The van der Waals surface area contributed by atoms with Gasteiger partial charge in [-0.25, -0.2) is 9.78 Å². The number of carbonyl (C=O) groups excluding carboxylic acids is 1. The Balaban J connectivity index is 1.96. The minimum Gasteiger partial charge on any atom is -0.461 e. The first-order chi connectivity index (χ1) is 11.7. The van der Waals surface area contributed by atoms with Crippen LogP contribution >= 0.6 is 0 Å². The number of hydrogen-bond acceptors (Lipinski definition) is 5. The van der Waals surface area contributed by atoms with Crippen LogP contribution in [0.15, 0.2) is 60.0 Å². The van der Waals surface area contributed by atoms with Crippen molar-refractivity contribution in [2.75, 3.05) is 12.0 Å². The average Bonchev–Trinajstić information content (AvgIpc) is 2.99. The standard InChI is InChI=1S/C18H18N4O2/c1-3-24-18(23)17(21-20-14-8-6-7-13(2)11-14)15-12-22-10-5-4-9-16(22)19-15/h4-12,20H,3H2,1-2H3/b21-17+. The summed E-state index contributed by atoms with van der Waals surface area (Å²) in [6, 6.07) is 13.4. The second kappa shape index (κ2) is 6.95. The van der Waals surface area contributed by atoms with Crippen molar-refractivity contribution >= 4 is 23.0 Å². The molecule has 0 aliphatic heterocycles. The van der Waals surface area contributed by atoms with Crippen molar-refractivity contribution in [2.24, 2.45) is 5.10 Å². The molecular weight excluding hydrogens is 304 g/mol. The number of pyridine rings is 1. The third-order valence-electron chi connectivity index (χ3n) is 3.39. The predicted molar refractivity (Wildman–Crippen MR) is 93.2 cm³/mol. The Morgan fingerprint density at radius 1 is 1.29 bits per heavy atom. The number of hydrazone groups is 1. The normalized spacial score (nSPS) is 11.5. The Labute approximate surface area is 139 Å². The summed E-state index contributed by atoms with van der Waals surface area (Å²) >= 11 is 0. The van der Waals surface area contributed by atoms with E-state index in [0.717, 1.165) is 16.9 Å². The van der Waals surface area contributed by atoms with Crippen molar-refractivity contribution in [3.8, 4) is 0 Å². The van der Waals surface area contributed by atoms with Gasteiger partial charge >= 0.3 is 5.97 Å². The third-order valence-corrected chi connectivity index (χ3v) is 3.39. The number of ether oxygens (including phenoxy) is 1. The molecule has 3 aromatic rings. The molecule has 0 saturated carbocycles. The van der Waals surface area contributed by atoms with Gasteiger partial charge in [-0.1, -0.05) is 18.2 Å². The molecule has 6 heteroatoms. The molecule has 0 saturated heterocycles. The highest BCUT2D eigenvalue weighted by Crippen LogP contribution is 2.11. The lowest BCUT2D eigenvalue weighted by molar-refractivity contribution is -0.134. The van der Waals surface area contributed by atoms with Crippen molar-refractivity contribution in [2.45, 2.75) is 13.8 Å². The van der Waals surface area contributed by atoms with Crippen molar-refractivity contribution in [1.29, 1.82) is 0 Å². The molecule has 0 radical (unpaired) electrons. The smallest absolute Gasteiger partial charge is 0.361 e. The van der Waals surface area contributed by atoms with E-state index < -0.39 is 5.97 Å². The van der Waals surface area contributed by atoms with Crippen LogP contribution in [0.25, 0.3) is 5.65 Å². The van der Waals surface area contributed by atoms with E-state index in [1.165, 1.54) is 0 Å². The summed E-state index contributed by atoms with van der Waals surface area (Å²) in [4.78, 5) is 16.7. The molecule has 0 amide bonds. The minimum atomic E-state index is -0.513. The highest BCUT2D eigenvalue weighted by molar-refractivity contribution is 6.42. The first kappa shape index (κ1) is 15.7. The van der Waals surface area contributed by atoms with Crippen molar-refractivity contribution < 1.29 is 9.53 Å². The molecule has 1 N–H and O–H groups in total. The van der Waals surface area contributed by atoms with E-state index in [4.69, 9.17) is 4.74 Å². The fourth-order valence-corrected chi connectivity index (χ4v) is 2.29. The van der Waals surface area contributed by atoms with Gasteiger partial charge in [-0.15, -0.1) is 0 Å². The van der Waals surface area contributed by atoms with Gasteiger partial charge in [-0.05, 0) is 43.7 Å². The lowest BCUT2D eigenvalue weighted by atomic mass is 10.2. The van der Waals surface area contributed by atoms with E-state index in [1.807, 2.05) is 60.0 Å². The maximum atomic E-state index is 12.3. The summed E-state index contributed by atoms with van der Waals surface area (Å²) in [6.45, 7) is 4.02. The lowest BCUT2D eigenvalue weighted by Crippen LogP contribution is -2.20. The molecule has 0 spiro atoms. The zero-order valence-electron chi connectivity index (χ0n) is 13.6. The van der Waals surface area contributed by atoms with E-state index in [2.05, 4.69) is 15.5 Å². The van der Waals surface area contributed by atoms with Gasteiger partial charge in [0.2, 0.25) is 0 Å². The Bertz CT molecular complexity index is 866. The summed E-state index contributed by atoms with van der Waals surface area (Å²) in [6.07, 6.45) is 3.62. The SMILES string of the molecule is CCOC(=O)/C(=N/Nc1cccc(C)c1)c1cn2ccccc2n1. The predicted octanol–water partition coefficient (Wildman–Crippen LogP) is 3.02. The monoisotopic (exact) mass is 322 g/mol. The van der Waals surface area contributed by atoms with Crippen LogP contribution in [-0.2, 0) is 9.53 Å². The molecule has 0 unspecified atom stereocenters. The van der Waals surface area contributed by atoms with Crippen LogP contribution in [-0.4, -0.2) is 27.7 Å². The number of imidazole rings is 1. The molecule has 6 nitrogen and oxygen atoms in total. The van der Waals surface area contributed by atoms with Crippen LogP contribution < -0.4 is 5.43 Å².